The van der Waals surface area contributed by atoms with Crippen molar-refractivity contribution in [2.45, 2.75) is 76.3 Å². The van der Waals surface area contributed by atoms with E-state index < -0.39 is 0 Å². The molecule has 0 spiro atoms. The Balaban J connectivity index is 1.72. The summed E-state index contributed by atoms with van der Waals surface area (Å²) < 4.78 is 0. The first-order valence-electron chi connectivity index (χ1n) is 8.36. The molecule has 2 heteroatoms. The molecule has 1 saturated heterocycles. The SMILES string of the molecule is NCC1CCCCC1N1CCC[C@H]2CCCC[C@H]21. The Morgan fingerprint density at radius 3 is 2.28 bits per heavy atom. The molecule has 3 fully saturated rings. The van der Waals surface area contributed by atoms with Gasteiger partial charge in [0.2, 0.25) is 0 Å². The lowest BCUT2D eigenvalue weighted by atomic mass is 9.75. The van der Waals surface area contributed by atoms with Crippen molar-refractivity contribution in [1.82, 2.24) is 4.90 Å². The molecule has 0 aromatic rings. The van der Waals surface area contributed by atoms with Gasteiger partial charge in [-0.15, -0.1) is 0 Å². The zero-order valence-corrected chi connectivity index (χ0v) is 11.8. The van der Waals surface area contributed by atoms with Crippen LogP contribution in [0.4, 0.5) is 0 Å². The largest absolute Gasteiger partial charge is 0.330 e. The van der Waals surface area contributed by atoms with Crippen LogP contribution < -0.4 is 5.73 Å². The van der Waals surface area contributed by atoms with Crippen molar-refractivity contribution in [1.29, 1.82) is 0 Å². The monoisotopic (exact) mass is 250 g/mol. The van der Waals surface area contributed by atoms with Crippen LogP contribution in [0.2, 0.25) is 0 Å². The Hall–Kier alpha value is -0.0800. The maximum absolute atomic E-state index is 6.04. The summed E-state index contributed by atoms with van der Waals surface area (Å²) in [5.74, 6) is 1.81. The molecule has 1 heterocycles. The Kier molecular flexibility index (Phi) is 4.25. The fourth-order valence-electron chi connectivity index (χ4n) is 4.97. The number of rotatable bonds is 2. The van der Waals surface area contributed by atoms with Crippen LogP contribution in [-0.4, -0.2) is 30.1 Å². The third kappa shape index (κ3) is 2.46. The predicted molar refractivity (Wildman–Crippen MR) is 76.5 cm³/mol. The van der Waals surface area contributed by atoms with E-state index in [0.717, 1.165) is 30.5 Å². The number of likely N-dealkylation sites (tertiary alicyclic amines) is 1. The molecule has 104 valence electrons. The minimum absolute atomic E-state index is 0.791. The van der Waals surface area contributed by atoms with E-state index in [-0.39, 0.29) is 0 Å². The van der Waals surface area contributed by atoms with Crippen molar-refractivity contribution < 1.29 is 0 Å². The lowest BCUT2D eigenvalue weighted by Gasteiger charge is -2.50. The lowest BCUT2D eigenvalue weighted by molar-refractivity contribution is -0.00740. The number of hydrogen-bond donors (Lipinski definition) is 1. The third-order valence-electron chi connectivity index (χ3n) is 5.88. The summed E-state index contributed by atoms with van der Waals surface area (Å²) in [6, 6.07) is 1.75. The average molecular weight is 250 g/mol. The molecule has 1 aliphatic heterocycles. The summed E-state index contributed by atoms with van der Waals surface area (Å²) in [6.45, 7) is 2.28. The standard InChI is InChI=1S/C16H30N2/c17-12-14-7-2-4-10-16(14)18-11-5-8-13-6-1-3-9-15(13)18/h13-16H,1-12,17H2/t13-,14?,15-,16?/m1/s1. The molecule has 3 rings (SSSR count). The molecule has 0 aromatic carbocycles. The van der Waals surface area contributed by atoms with Gasteiger partial charge in [-0.05, 0) is 63.5 Å². The van der Waals surface area contributed by atoms with Gasteiger partial charge in [0.05, 0.1) is 0 Å². The van der Waals surface area contributed by atoms with Gasteiger partial charge in [0.1, 0.15) is 0 Å². The van der Waals surface area contributed by atoms with Gasteiger partial charge >= 0.3 is 0 Å². The van der Waals surface area contributed by atoms with Gasteiger partial charge < -0.3 is 5.73 Å². The van der Waals surface area contributed by atoms with Crippen LogP contribution in [0.15, 0.2) is 0 Å². The van der Waals surface area contributed by atoms with Crippen LogP contribution >= 0.6 is 0 Å². The summed E-state index contributed by atoms with van der Waals surface area (Å²) in [4.78, 5) is 2.92. The highest BCUT2D eigenvalue weighted by molar-refractivity contribution is 4.94. The Morgan fingerprint density at radius 1 is 0.778 bits per heavy atom. The van der Waals surface area contributed by atoms with E-state index in [1.165, 1.54) is 70.8 Å². The highest BCUT2D eigenvalue weighted by atomic mass is 15.2. The van der Waals surface area contributed by atoms with Crippen molar-refractivity contribution in [3.05, 3.63) is 0 Å². The smallest absolute Gasteiger partial charge is 0.0139 e. The quantitative estimate of drug-likeness (QED) is 0.815. The molecule has 3 aliphatic rings. The van der Waals surface area contributed by atoms with Gasteiger partial charge in [-0.3, -0.25) is 4.90 Å². The molecule has 0 aromatic heterocycles. The van der Waals surface area contributed by atoms with Crippen molar-refractivity contribution in [2.75, 3.05) is 13.1 Å². The van der Waals surface area contributed by atoms with Crippen LogP contribution in [0.1, 0.15) is 64.2 Å². The molecule has 2 aliphatic carbocycles. The highest BCUT2D eigenvalue weighted by Gasteiger charge is 2.39. The van der Waals surface area contributed by atoms with E-state index in [9.17, 15) is 0 Å². The van der Waals surface area contributed by atoms with Gasteiger partial charge in [0, 0.05) is 12.1 Å². The van der Waals surface area contributed by atoms with Crippen LogP contribution in [0.3, 0.4) is 0 Å². The second-order valence-electron chi connectivity index (χ2n) is 6.84. The number of nitrogens with two attached hydrogens (primary N) is 1. The van der Waals surface area contributed by atoms with Gasteiger partial charge in [-0.1, -0.05) is 25.7 Å². The molecule has 18 heavy (non-hydrogen) atoms. The fraction of sp³-hybridized carbons (Fsp3) is 1.00. The zero-order valence-electron chi connectivity index (χ0n) is 11.8. The molecule has 2 saturated carbocycles. The van der Waals surface area contributed by atoms with Gasteiger partial charge in [-0.2, -0.15) is 0 Å². The van der Waals surface area contributed by atoms with E-state index in [1.807, 2.05) is 0 Å². The van der Waals surface area contributed by atoms with Crippen molar-refractivity contribution in [3.63, 3.8) is 0 Å². The summed E-state index contributed by atoms with van der Waals surface area (Å²) in [5.41, 5.74) is 6.04. The molecular weight excluding hydrogens is 220 g/mol. The van der Waals surface area contributed by atoms with E-state index in [1.54, 1.807) is 0 Å². The summed E-state index contributed by atoms with van der Waals surface area (Å²) in [6.07, 6.45) is 14.5. The van der Waals surface area contributed by atoms with Gasteiger partial charge in [-0.25, -0.2) is 0 Å². The third-order valence-corrected chi connectivity index (χ3v) is 5.88. The van der Waals surface area contributed by atoms with Gasteiger partial charge in [0.15, 0.2) is 0 Å². The second kappa shape index (κ2) is 5.92. The lowest BCUT2D eigenvalue weighted by Crippen LogP contribution is -2.55. The van der Waals surface area contributed by atoms with Crippen LogP contribution in [0.25, 0.3) is 0 Å². The average Bonchev–Trinajstić information content (AvgIpc) is 2.46. The van der Waals surface area contributed by atoms with E-state index in [0.29, 0.717) is 0 Å². The molecule has 0 amide bonds. The minimum atomic E-state index is 0.791. The molecule has 2 unspecified atom stereocenters. The maximum atomic E-state index is 6.04. The van der Waals surface area contributed by atoms with E-state index in [2.05, 4.69) is 4.90 Å². The first-order chi connectivity index (χ1) is 8.90. The predicted octanol–water partition coefficient (Wildman–Crippen LogP) is 3.16. The number of hydrogen-bond acceptors (Lipinski definition) is 2. The summed E-state index contributed by atoms with van der Waals surface area (Å²) in [7, 11) is 0. The molecule has 2 nitrogen and oxygen atoms in total. The van der Waals surface area contributed by atoms with Crippen molar-refractivity contribution in [3.8, 4) is 0 Å². The summed E-state index contributed by atoms with van der Waals surface area (Å²) in [5, 5.41) is 0. The van der Waals surface area contributed by atoms with E-state index >= 15 is 0 Å². The molecule has 4 atom stereocenters. The number of piperidine rings is 1. The molecule has 0 radical (unpaired) electrons. The van der Waals surface area contributed by atoms with Crippen LogP contribution in [-0.2, 0) is 0 Å². The van der Waals surface area contributed by atoms with E-state index in [4.69, 9.17) is 5.73 Å². The van der Waals surface area contributed by atoms with Crippen molar-refractivity contribution >= 4 is 0 Å². The van der Waals surface area contributed by atoms with Crippen LogP contribution in [0, 0.1) is 11.8 Å². The van der Waals surface area contributed by atoms with Crippen molar-refractivity contribution in [2.24, 2.45) is 17.6 Å². The minimum Gasteiger partial charge on any atom is -0.330 e. The Morgan fingerprint density at radius 2 is 1.44 bits per heavy atom. The zero-order chi connectivity index (χ0) is 12.4. The first kappa shape index (κ1) is 12.9. The maximum Gasteiger partial charge on any atom is 0.0139 e. The second-order valence-corrected chi connectivity index (χ2v) is 6.84. The number of nitrogens with zero attached hydrogens (tertiary/aromatic N) is 1. The van der Waals surface area contributed by atoms with Crippen LogP contribution in [0.5, 0.6) is 0 Å². The first-order valence-corrected chi connectivity index (χ1v) is 8.36. The molecule has 0 bridgehead atoms. The molecule has 2 N–H and O–H groups in total. The Bertz CT molecular complexity index is 264. The summed E-state index contributed by atoms with van der Waals surface area (Å²) >= 11 is 0. The number of fused-ring (bicyclic) bond motifs is 1. The normalized spacial score (nSPS) is 42.5. The molecular formula is C16H30N2. The highest BCUT2D eigenvalue weighted by Crippen LogP contribution is 2.39. The Labute approximate surface area is 112 Å². The topological polar surface area (TPSA) is 29.3 Å². The van der Waals surface area contributed by atoms with Gasteiger partial charge in [0.25, 0.3) is 0 Å². The fourth-order valence-corrected chi connectivity index (χ4v) is 4.97.